The summed E-state index contributed by atoms with van der Waals surface area (Å²) >= 11 is 0. The van der Waals surface area contributed by atoms with Gasteiger partial charge in [0.05, 0.1) is 16.5 Å². The Hall–Kier alpha value is -3.81. The zero-order valence-corrected chi connectivity index (χ0v) is 16.3. The van der Waals surface area contributed by atoms with Gasteiger partial charge in [0, 0.05) is 42.5 Å². The fraction of sp³-hybridized carbons (Fsp3) is 0.227. The van der Waals surface area contributed by atoms with Gasteiger partial charge in [-0.25, -0.2) is 9.97 Å². The average Bonchev–Trinajstić information content (AvgIpc) is 2.80. The first-order valence-corrected chi connectivity index (χ1v) is 9.78. The van der Waals surface area contributed by atoms with E-state index in [9.17, 15) is 14.9 Å². The van der Waals surface area contributed by atoms with Gasteiger partial charge in [0.1, 0.15) is 12.1 Å². The van der Waals surface area contributed by atoms with Crippen LogP contribution in [0.5, 0.6) is 0 Å². The lowest BCUT2D eigenvalue weighted by Gasteiger charge is -2.33. The summed E-state index contributed by atoms with van der Waals surface area (Å²) in [5.41, 5.74) is 2.41. The van der Waals surface area contributed by atoms with Crippen LogP contribution in [0.4, 0.5) is 17.2 Å². The van der Waals surface area contributed by atoms with E-state index in [2.05, 4.69) is 20.2 Å². The number of carbonyl (C=O) groups excluding carboxylic acids is 1. The largest absolute Gasteiger partial charge is 0.356 e. The Morgan fingerprint density at radius 1 is 1.10 bits per heavy atom. The summed E-state index contributed by atoms with van der Waals surface area (Å²) in [5.74, 6) is 0.520. The van der Waals surface area contributed by atoms with Crippen molar-refractivity contribution in [1.29, 1.82) is 0 Å². The number of piperidine rings is 1. The van der Waals surface area contributed by atoms with E-state index in [1.807, 2.05) is 36.4 Å². The van der Waals surface area contributed by atoms with Gasteiger partial charge in [-0.15, -0.1) is 0 Å². The molecule has 4 rings (SSSR count). The number of rotatable bonds is 5. The molecule has 1 aliphatic heterocycles. The molecule has 1 atom stereocenters. The molecule has 0 aliphatic carbocycles. The number of nitrogens with one attached hydrogen (secondary N) is 1. The van der Waals surface area contributed by atoms with Gasteiger partial charge in [-0.3, -0.25) is 14.9 Å². The fourth-order valence-electron chi connectivity index (χ4n) is 3.60. The summed E-state index contributed by atoms with van der Waals surface area (Å²) in [7, 11) is 0. The van der Waals surface area contributed by atoms with E-state index in [1.54, 1.807) is 18.5 Å². The number of carbonyl (C=O) groups is 1. The van der Waals surface area contributed by atoms with Gasteiger partial charge in [-0.2, -0.15) is 0 Å². The molecule has 1 amide bonds. The smallest absolute Gasteiger partial charge is 0.269 e. The number of nitro benzene ring substituents is 1. The summed E-state index contributed by atoms with van der Waals surface area (Å²) in [5, 5.41) is 13.6. The molecular formula is C22H21N5O3. The molecule has 0 radical (unpaired) electrons. The van der Waals surface area contributed by atoms with E-state index in [-0.39, 0.29) is 17.5 Å². The van der Waals surface area contributed by atoms with Crippen molar-refractivity contribution in [2.24, 2.45) is 5.92 Å². The molecule has 1 aliphatic rings. The van der Waals surface area contributed by atoms with Crippen LogP contribution >= 0.6 is 0 Å². The molecule has 1 aromatic heterocycles. The number of nitro groups is 1. The molecule has 0 bridgehead atoms. The Balaban J connectivity index is 1.44. The first-order valence-electron chi connectivity index (χ1n) is 9.78. The second kappa shape index (κ2) is 8.69. The van der Waals surface area contributed by atoms with Crippen LogP contribution in [0.15, 0.2) is 67.0 Å². The lowest BCUT2D eigenvalue weighted by atomic mass is 9.97. The van der Waals surface area contributed by atoms with Gasteiger partial charge >= 0.3 is 0 Å². The van der Waals surface area contributed by atoms with Crippen molar-refractivity contribution in [3.63, 3.8) is 0 Å². The minimum atomic E-state index is -0.462. The zero-order chi connectivity index (χ0) is 20.9. The monoisotopic (exact) mass is 403 g/mol. The lowest BCUT2D eigenvalue weighted by molar-refractivity contribution is -0.384. The number of hydrogen-bond acceptors (Lipinski definition) is 6. The van der Waals surface area contributed by atoms with Crippen molar-refractivity contribution >= 4 is 23.1 Å². The molecule has 30 heavy (non-hydrogen) atoms. The normalized spacial score (nSPS) is 16.1. The second-order valence-corrected chi connectivity index (χ2v) is 7.21. The predicted molar refractivity (Wildman–Crippen MR) is 114 cm³/mol. The van der Waals surface area contributed by atoms with Crippen molar-refractivity contribution in [3.8, 4) is 11.3 Å². The minimum absolute atomic E-state index is 0.00479. The highest BCUT2D eigenvalue weighted by Crippen LogP contribution is 2.26. The van der Waals surface area contributed by atoms with E-state index in [0.29, 0.717) is 12.2 Å². The number of nitrogens with zero attached hydrogens (tertiary/aromatic N) is 4. The zero-order valence-electron chi connectivity index (χ0n) is 16.3. The highest BCUT2D eigenvalue weighted by Gasteiger charge is 2.27. The van der Waals surface area contributed by atoms with E-state index in [4.69, 9.17) is 0 Å². The Morgan fingerprint density at radius 2 is 1.87 bits per heavy atom. The highest BCUT2D eigenvalue weighted by atomic mass is 16.6. The van der Waals surface area contributed by atoms with Crippen LogP contribution in [0.1, 0.15) is 12.8 Å². The molecule has 2 heterocycles. The molecule has 2 aromatic carbocycles. The number of anilines is 2. The van der Waals surface area contributed by atoms with Crippen LogP contribution in [0.2, 0.25) is 0 Å². The molecule has 1 unspecified atom stereocenters. The van der Waals surface area contributed by atoms with E-state index in [0.717, 1.165) is 36.5 Å². The fourth-order valence-corrected chi connectivity index (χ4v) is 3.60. The summed E-state index contributed by atoms with van der Waals surface area (Å²) in [6.45, 7) is 1.39. The van der Waals surface area contributed by atoms with Gasteiger partial charge in [-0.05, 0) is 25.0 Å². The molecular weight excluding hydrogens is 382 g/mol. The van der Waals surface area contributed by atoms with Gasteiger partial charge in [-0.1, -0.05) is 30.3 Å². The van der Waals surface area contributed by atoms with Crippen LogP contribution in [0, 0.1) is 16.0 Å². The highest BCUT2D eigenvalue weighted by molar-refractivity contribution is 5.93. The Labute approximate surface area is 173 Å². The maximum atomic E-state index is 12.7. The Kier molecular flexibility index (Phi) is 5.65. The molecule has 8 nitrogen and oxygen atoms in total. The van der Waals surface area contributed by atoms with E-state index < -0.39 is 4.92 Å². The number of hydrogen-bond donors (Lipinski definition) is 1. The molecule has 8 heteroatoms. The van der Waals surface area contributed by atoms with Crippen molar-refractivity contribution in [2.45, 2.75) is 12.8 Å². The summed E-state index contributed by atoms with van der Waals surface area (Å²) in [4.78, 5) is 33.9. The third kappa shape index (κ3) is 4.43. The van der Waals surface area contributed by atoms with Gasteiger partial charge in [0.15, 0.2) is 0 Å². The number of benzene rings is 2. The second-order valence-electron chi connectivity index (χ2n) is 7.21. The minimum Gasteiger partial charge on any atom is -0.356 e. The molecule has 0 saturated carbocycles. The van der Waals surface area contributed by atoms with Crippen LogP contribution in [-0.2, 0) is 4.79 Å². The van der Waals surface area contributed by atoms with Crippen LogP contribution in [0.25, 0.3) is 11.3 Å². The van der Waals surface area contributed by atoms with Crippen molar-refractivity contribution in [1.82, 2.24) is 9.97 Å². The van der Waals surface area contributed by atoms with Gasteiger partial charge in [0.25, 0.3) is 5.69 Å². The van der Waals surface area contributed by atoms with Gasteiger partial charge < -0.3 is 10.2 Å². The van der Waals surface area contributed by atoms with Crippen molar-refractivity contribution in [2.75, 3.05) is 23.3 Å². The average molecular weight is 403 g/mol. The molecule has 1 fully saturated rings. The first-order chi connectivity index (χ1) is 14.6. The third-order valence-electron chi connectivity index (χ3n) is 5.18. The van der Waals surface area contributed by atoms with Gasteiger partial charge in [0.2, 0.25) is 5.91 Å². The number of non-ortho nitro benzene ring substituents is 1. The van der Waals surface area contributed by atoms with E-state index in [1.165, 1.54) is 12.1 Å². The van der Waals surface area contributed by atoms with Crippen molar-refractivity contribution in [3.05, 3.63) is 77.1 Å². The summed E-state index contributed by atoms with van der Waals surface area (Å²) < 4.78 is 0. The molecule has 152 valence electrons. The van der Waals surface area contributed by atoms with Crippen molar-refractivity contribution < 1.29 is 9.72 Å². The quantitative estimate of drug-likeness (QED) is 0.512. The lowest BCUT2D eigenvalue weighted by Crippen LogP contribution is -2.41. The molecule has 1 N–H and O–H groups in total. The Morgan fingerprint density at radius 3 is 2.60 bits per heavy atom. The molecule has 1 saturated heterocycles. The number of aromatic nitrogens is 2. The van der Waals surface area contributed by atoms with Crippen LogP contribution < -0.4 is 10.2 Å². The standard InChI is InChI=1S/C22H21N5O3/c28-22(25-18-8-10-19(11-9-18)27(29)30)17-7-4-12-26(14-17)21-13-20(23-15-24-21)16-5-2-1-3-6-16/h1-3,5-6,8-11,13,15,17H,4,7,12,14H2,(H,25,28). The van der Waals surface area contributed by atoms with E-state index >= 15 is 0 Å². The molecule has 0 spiro atoms. The first kappa shape index (κ1) is 19.5. The summed E-state index contributed by atoms with van der Waals surface area (Å²) in [6, 6.07) is 17.7. The maximum Gasteiger partial charge on any atom is 0.269 e. The third-order valence-corrected chi connectivity index (χ3v) is 5.18. The number of amides is 1. The predicted octanol–water partition coefficient (Wildman–Crippen LogP) is 3.91. The van der Waals surface area contributed by atoms with Crippen LogP contribution in [-0.4, -0.2) is 33.9 Å². The van der Waals surface area contributed by atoms with Crippen LogP contribution in [0.3, 0.4) is 0 Å². The Bertz CT molecular complexity index is 1040. The SMILES string of the molecule is O=C(Nc1ccc([N+](=O)[O-])cc1)C1CCCN(c2cc(-c3ccccc3)ncn2)C1. The summed E-state index contributed by atoms with van der Waals surface area (Å²) in [6.07, 6.45) is 3.22. The topological polar surface area (TPSA) is 101 Å². The molecule has 3 aromatic rings. The maximum absolute atomic E-state index is 12.7.